The van der Waals surface area contributed by atoms with Crippen LogP contribution in [0.3, 0.4) is 0 Å². The second-order valence-corrected chi connectivity index (χ2v) is 16.9. The molecule has 2 unspecified atom stereocenters. The van der Waals surface area contributed by atoms with Gasteiger partial charge in [0, 0.05) is 6.61 Å². The summed E-state index contributed by atoms with van der Waals surface area (Å²) in [5.41, 5.74) is 7.45. The Bertz CT molecular complexity index is 1890. The van der Waals surface area contributed by atoms with Gasteiger partial charge in [-0.3, -0.25) is 18.9 Å². The third-order valence-corrected chi connectivity index (χ3v) is 10.1. The van der Waals surface area contributed by atoms with Gasteiger partial charge in [-0.05, 0) is 22.8 Å². The summed E-state index contributed by atoms with van der Waals surface area (Å²) in [5.74, 6) is -0.158. The number of halogens is 2. The highest BCUT2D eigenvalue weighted by Gasteiger charge is 2.53. The van der Waals surface area contributed by atoms with E-state index in [4.69, 9.17) is 46.3 Å². The third kappa shape index (κ3) is 6.38. The zero-order valence-electron chi connectivity index (χ0n) is 23.0. The number of imidazole rings is 2. The van der Waals surface area contributed by atoms with Crippen LogP contribution in [0.25, 0.3) is 22.3 Å². The molecule has 2 aliphatic rings. The van der Waals surface area contributed by atoms with Crippen LogP contribution < -0.4 is 17.0 Å². The molecule has 0 aromatic carbocycles. The highest BCUT2D eigenvalue weighted by Crippen LogP contribution is 2.58. The fraction of sp³-hybridized carbons (Fsp3) is 0.524. The minimum atomic E-state index is -3.71. The average Bonchev–Trinajstić information content (AvgIpc) is 3.74. The summed E-state index contributed by atoms with van der Waals surface area (Å²) in [6, 6.07) is 0. The van der Waals surface area contributed by atoms with Crippen molar-refractivity contribution in [3.8, 4) is 0 Å². The average molecular weight is 742 g/mol. The molecule has 4 aromatic rings. The Morgan fingerprint density at radius 3 is 2.48 bits per heavy atom. The summed E-state index contributed by atoms with van der Waals surface area (Å²) in [4.78, 5) is 34.8. The first-order chi connectivity index (χ1) is 21.9. The van der Waals surface area contributed by atoms with E-state index in [1.807, 2.05) is 0 Å². The number of alkyl halides is 2. The van der Waals surface area contributed by atoms with E-state index in [2.05, 4.69) is 54.4 Å². The van der Waals surface area contributed by atoms with Gasteiger partial charge in [-0.2, -0.15) is 4.98 Å². The fourth-order valence-corrected chi connectivity index (χ4v) is 7.93. The molecule has 2 fully saturated rings. The SMILES string of the molecule is Nc1nc2c(ncn2[C@@H]2O[C@H](CCO)[C@@H](F)[C@H]2OP(=S)(S)OC[C@H]2O[C@@H](n3cnc4c(N)ncnc43)[C@@H](F)[C@@H]2O[P+](=O)S)c(=O)[nH]1. The number of aliphatic hydroxyl groups is 1. The summed E-state index contributed by atoms with van der Waals surface area (Å²) in [7, 11) is -2.60. The highest BCUT2D eigenvalue weighted by atomic mass is 32.9. The Balaban J connectivity index is 1.23. The first kappa shape index (κ1) is 33.5. The Morgan fingerprint density at radius 1 is 1.07 bits per heavy atom. The number of hydrogen-bond donors (Lipinski definition) is 6. The molecule has 0 bridgehead atoms. The Kier molecular flexibility index (Phi) is 9.63. The number of aliphatic hydroxyl groups excluding tert-OH is 1. The number of fused-ring (bicyclic) bond motifs is 2. The van der Waals surface area contributed by atoms with Crippen molar-refractivity contribution in [1.82, 2.24) is 39.0 Å². The molecule has 25 heteroatoms. The van der Waals surface area contributed by atoms with Crippen LogP contribution in [0.2, 0.25) is 0 Å². The maximum Gasteiger partial charge on any atom is 0.582 e. The largest absolute Gasteiger partial charge is 0.582 e. The van der Waals surface area contributed by atoms with Crippen molar-refractivity contribution in [3.05, 3.63) is 29.3 Å². The van der Waals surface area contributed by atoms with Gasteiger partial charge >= 0.3 is 7.23 Å². The molecule has 6 N–H and O–H groups in total. The smallest absolute Gasteiger partial charge is 0.396 e. The molecular formula is C21H25F2N10O8P2S3+. The van der Waals surface area contributed by atoms with Crippen molar-refractivity contribution in [2.75, 3.05) is 24.7 Å². The first-order valence-electron chi connectivity index (χ1n) is 13.2. The number of anilines is 2. The van der Waals surface area contributed by atoms with Gasteiger partial charge in [0.05, 0.1) is 25.4 Å². The quantitative estimate of drug-likeness (QED) is 0.0943. The summed E-state index contributed by atoms with van der Waals surface area (Å²) < 4.78 is 74.5. The molecule has 6 rings (SSSR count). The van der Waals surface area contributed by atoms with Gasteiger partial charge in [-0.25, -0.2) is 28.7 Å². The zero-order valence-corrected chi connectivity index (χ0v) is 27.4. The molecule has 0 aliphatic carbocycles. The molecule has 18 nitrogen and oxygen atoms in total. The highest BCUT2D eigenvalue weighted by molar-refractivity contribution is 8.60. The number of nitrogen functional groups attached to an aromatic ring is 2. The molecule has 10 atom stereocenters. The van der Waals surface area contributed by atoms with Crippen LogP contribution in [0, 0.1) is 0 Å². The van der Waals surface area contributed by atoms with Crippen LogP contribution in [-0.2, 0) is 39.4 Å². The molecule has 0 spiro atoms. The van der Waals surface area contributed by atoms with E-state index in [0.29, 0.717) is 0 Å². The van der Waals surface area contributed by atoms with Crippen LogP contribution in [0.4, 0.5) is 20.5 Å². The lowest BCUT2D eigenvalue weighted by Crippen LogP contribution is -2.33. The number of ether oxygens (including phenoxy) is 2. The molecule has 6 heterocycles. The van der Waals surface area contributed by atoms with E-state index in [1.54, 1.807) is 0 Å². The third-order valence-electron chi connectivity index (χ3n) is 7.20. The van der Waals surface area contributed by atoms with Gasteiger partial charge in [0.25, 0.3) is 5.56 Å². The zero-order chi connectivity index (χ0) is 32.9. The molecule has 0 amide bonds. The van der Waals surface area contributed by atoms with E-state index in [-0.39, 0.29) is 40.5 Å². The number of nitrogens with zero attached hydrogens (tertiary/aromatic N) is 7. The van der Waals surface area contributed by atoms with Gasteiger partial charge in [-0.15, -0.1) is 4.52 Å². The van der Waals surface area contributed by atoms with Crippen molar-refractivity contribution >= 4 is 83.3 Å². The lowest BCUT2D eigenvalue weighted by molar-refractivity contribution is -0.0446. The minimum absolute atomic E-state index is 0.0237. The van der Waals surface area contributed by atoms with E-state index in [1.165, 1.54) is 28.1 Å². The lowest BCUT2D eigenvalue weighted by atomic mass is 10.1. The maximum atomic E-state index is 15.8. The predicted molar refractivity (Wildman–Crippen MR) is 167 cm³/mol. The number of H-pyrrole nitrogens is 1. The summed E-state index contributed by atoms with van der Waals surface area (Å²) in [6.07, 6.45) is -8.30. The topological polar surface area (TPSA) is 243 Å². The monoisotopic (exact) mass is 741 g/mol. The Labute approximate surface area is 272 Å². The predicted octanol–water partition coefficient (Wildman–Crippen LogP) is 1.51. The molecule has 46 heavy (non-hydrogen) atoms. The van der Waals surface area contributed by atoms with Crippen molar-refractivity contribution in [3.63, 3.8) is 0 Å². The molecule has 0 saturated carbocycles. The maximum absolute atomic E-state index is 15.8. The summed E-state index contributed by atoms with van der Waals surface area (Å²) >= 11 is 13.6. The van der Waals surface area contributed by atoms with Gasteiger partial charge < -0.3 is 35.1 Å². The summed E-state index contributed by atoms with van der Waals surface area (Å²) in [6.45, 7) is -0.907. The number of nitrogens with one attached hydrogen (secondary N) is 1. The van der Waals surface area contributed by atoms with Gasteiger partial charge in [-0.1, -0.05) is 12.2 Å². The molecule has 4 aromatic heterocycles. The molecular weight excluding hydrogens is 716 g/mol. The molecule has 0 radical (unpaired) electrons. The van der Waals surface area contributed by atoms with E-state index < -0.39 is 80.9 Å². The van der Waals surface area contributed by atoms with Crippen LogP contribution in [0.5, 0.6) is 0 Å². The second-order valence-electron chi connectivity index (χ2n) is 10.0. The van der Waals surface area contributed by atoms with Gasteiger partial charge in [0.15, 0.2) is 53.5 Å². The van der Waals surface area contributed by atoms with Gasteiger partial charge in [0.2, 0.25) is 11.6 Å². The van der Waals surface area contributed by atoms with Crippen molar-refractivity contribution in [2.45, 2.75) is 55.6 Å². The van der Waals surface area contributed by atoms with Crippen molar-refractivity contribution in [2.24, 2.45) is 0 Å². The number of aromatic amines is 1. The molecule has 2 aliphatic heterocycles. The van der Waals surface area contributed by atoms with E-state index >= 15 is 8.78 Å². The van der Waals surface area contributed by atoms with Crippen LogP contribution in [0.15, 0.2) is 23.8 Å². The number of rotatable bonds is 11. The number of aromatic nitrogens is 8. The fourth-order valence-electron chi connectivity index (χ4n) is 5.21. The van der Waals surface area contributed by atoms with E-state index in [0.717, 1.165) is 0 Å². The van der Waals surface area contributed by atoms with Crippen LogP contribution in [0.1, 0.15) is 18.9 Å². The second kappa shape index (κ2) is 13.2. The van der Waals surface area contributed by atoms with Crippen molar-refractivity contribution < 1.29 is 41.5 Å². The first-order valence-corrected chi connectivity index (χ1v) is 19.3. The number of hydrogen-bond acceptors (Lipinski definition) is 16. The molecule has 248 valence electrons. The van der Waals surface area contributed by atoms with Crippen LogP contribution >= 0.6 is 37.4 Å². The van der Waals surface area contributed by atoms with Crippen molar-refractivity contribution in [1.29, 1.82) is 0 Å². The van der Waals surface area contributed by atoms with Gasteiger partial charge in [0.1, 0.15) is 36.3 Å². The summed E-state index contributed by atoms with van der Waals surface area (Å²) in [5, 5.41) is 9.46. The Morgan fingerprint density at radius 2 is 1.76 bits per heavy atom. The standard InChI is InChI=1S/C21H24F2N10O8P2S3/c22-9-7(1-2-34)38-20(33-6-29-12-17(33)30-21(25)31-18(12)35)14(9)41-43(45,46)37-3-8-13(40-42(36)44)10(23)19(39-8)32-5-28-11-15(24)26-4-27-16(11)32/h4-10,13-14,19-20,34H,1-3H2,(H6-,24,25,26,27,30,31,35,36,44,45,46)/p+1/t7-,8-,9-,10+,13-,14-,19-,20-/m1/s1. The number of nitrogens with two attached hydrogens (primary N) is 2. The minimum Gasteiger partial charge on any atom is -0.396 e. The lowest BCUT2D eigenvalue weighted by Gasteiger charge is -2.27. The van der Waals surface area contributed by atoms with Crippen LogP contribution in [-0.4, -0.2) is 94.1 Å². The Hall–Kier alpha value is -2.43. The molecule has 2 saturated heterocycles. The number of thiol groups is 2. The normalized spacial score (nSPS) is 29.9. The van der Waals surface area contributed by atoms with E-state index in [9.17, 15) is 14.5 Å².